The van der Waals surface area contributed by atoms with E-state index < -0.39 is 24.3 Å². The molecule has 0 radical (unpaired) electrons. The summed E-state index contributed by atoms with van der Waals surface area (Å²) in [5.41, 5.74) is 5.94. The van der Waals surface area contributed by atoms with Gasteiger partial charge >= 0.3 is 13.1 Å². The Morgan fingerprint density at radius 2 is 2.00 bits per heavy atom. The minimum absolute atomic E-state index is 0.0115. The second-order valence-electron chi connectivity index (χ2n) is 6.02. The molecule has 0 amide bonds. The molecule has 21 heavy (non-hydrogen) atoms. The van der Waals surface area contributed by atoms with Crippen LogP contribution in [0.2, 0.25) is 0 Å². The summed E-state index contributed by atoms with van der Waals surface area (Å²) in [4.78, 5) is 11.1. The van der Waals surface area contributed by atoms with Gasteiger partial charge in [0.05, 0.1) is 17.4 Å². The van der Waals surface area contributed by atoms with Crippen LogP contribution in [0.3, 0.4) is 0 Å². The minimum atomic E-state index is -1.08. The maximum atomic E-state index is 11.1. The standard InChI is InChI=1S/C13H20BN3O4/c1-12(2)13(3,4)21-14(20-12)9(6-15)5-8-7-16-17-10(8)11(18)19/h5,7H,6,15H2,1-4H3,(H,16,17)(H,18,19). The predicted molar refractivity (Wildman–Crippen MR) is 78.7 cm³/mol. The number of nitrogens with two attached hydrogens (primary N) is 1. The van der Waals surface area contributed by atoms with E-state index in [1.807, 2.05) is 27.7 Å². The maximum Gasteiger partial charge on any atom is 0.491 e. The van der Waals surface area contributed by atoms with Gasteiger partial charge in [-0.2, -0.15) is 5.10 Å². The lowest BCUT2D eigenvalue weighted by Crippen LogP contribution is -2.41. The second-order valence-corrected chi connectivity index (χ2v) is 6.02. The number of nitrogens with one attached hydrogen (secondary N) is 1. The molecule has 1 aliphatic heterocycles. The quantitative estimate of drug-likeness (QED) is 0.716. The summed E-state index contributed by atoms with van der Waals surface area (Å²) < 4.78 is 11.8. The van der Waals surface area contributed by atoms with Crippen molar-refractivity contribution in [1.82, 2.24) is 10.2 Å². The van der Waals surface area contributed by atoms with Crippen LogP contribution in [0, 0.1) is 0 Å². The Labute approximate surface area is 123 Å². The molecule has 0 bridgehead atoms. The number of hydrogen-bond acceptors (Lipinski definition) is 5. The molecule has 2 heterocycles. The highest BCUT2D eigenvalue weighted by Crippen LogP contribution is 2.38. The Morgan fingerprint density at radius 3 is 2.48 bits per heavy atom. The molecular weight excluding hydrogens is 273 g/mol. The Bertz CT molecular complexity index is 564. The number of aromatic amines is 1. The van der Waals surface area contributed by atoms with Crippen molar-refractivity contribution in [3.05, 3.63) is 22.9 Å². The first-order valence-electron chi connectivity index (χ1n) is 6.71. The van der Waals surface area contributed by atoms with E-state index in [1.165, 1.54) is 6.20 Å². The summed E-state index contributed by atoms with van der Waals surface area (Å²) in [5.74, 6) is -1.08. The number of aromatic carboxylic acids is 1. The molecule has 8 heteroatoms. The summed E-state index contributed by atoms with van der Waals surface area (Å²) in [6, 6.07) is 0. The molecule has 0 aromatic carbocycles. The van der Waals surface area contributed by atoms with Crippen LogP contribution >= 0.6 is 0 Å². The zero-order valence-electron chi connectivity index (χ0n) is 12.6. The molecule has 2 rings (SSSR count). The number of carbonyl (C=O) groups is 1. The normalized spacial score (nSPS) is 20.8. The van der Waals surface area contributed by atoms with Crippen LogP contribution in [-0.4, -0.2) is 46.1 Å². The van der Waals surface area contributed by atoms with E-state index in [1.54, 1.807) is 6.08 Å². The first-order valence-corrected chi connectivity index (χ1v) is 6.71. The fraction of sp³-hybridized carbons (Fsp3) is 0.538. The van der Waals surface area contributed by atoms with E-state index in [0.29, 0.717) is 11.0 Å². The topological polar surface area (TPSA) is 110 Å². The number of H-pyrrole nitrogens is 1. The molecule has 7 nitrogen and oxygen atoms in total. The number of aromatic nitrogens is 2. The number of rotatable bonds is 4. The monoisotopic (exact) mass is 293 g/mol. The van der Waals surface area contributed by atoms with Crippen molar-refractivity contribution in [3.63, 3.8) is 0 Å². The SMILES string of the molecule is CC1(C)OB(C(=Cc2cn[nH]c2C(=O)O)CN)OC1(C)C. The van der Waals surface area contributed by atoms with E-state index in [9.17, 15) is 4.79 Å². The molecular formula is C13H20BN3O4. The lowest BCUT2D eigenvalue weighted by molar-refractivity contribution is 0.00578. The molecule has 1 aromatic rings. The third kappa shape index (κ3) is 2.87. The third-order valence-electron chi connectivity index (χ3n) is 4.02. The first-order chi connectivity index (χ1) is 9.68. The van der Waals surface area contributed by atoms with Gasteiger partial charge in [0.1, 0.15) is 0 Å². The highest BCUT2D eigenvalue weighted by atomic mass is 16.7. The van der Waals surface area contributed by atoms with Gasteiger partial charge in [-0.3, -0.25) is 5.10 Å². The number of carboxylic acids is 1. The van der Waals surface area contributed by atoms with E-state index in [4.69, 9.17) is 20.1 Å². The highest BCUT2D eigenvalue weighted by Gasteiger charge is 2.52. The number of carboxylic acid groups (broad SMARTS) is 1. The largest absolute Gasteiger partial charge is 0.491 e. The van der Waals surface area contributed by atoms with Crippen molar-refractivity contribution in [2.45, 2.75) is 38.9 Å². The molecule has 0 unspecified atom stereocenters. The number of hydrogen-bond donors (Lipinski definition) is 3. The van der Waals surface area contributed by atoms with Crippen LogP contribution in [0.25, 0.3) is 6.08 Å². The molecule has 0 spiro atoms. The fourth-order valence-corrected chi connectivity index (χ4v) is 1.99. The Kier molecular flexibility index (Phi) is 3.96. The summed E-state index contributed by atoms with van der Waals surface area (Å²) in [6.45, 7) is 7.98. The summed E-state index contributed by atoms with van der Waals surface area (Å²) >= 11 is 0. The summed E-state index contributed by atoms with van der Waals surface area (Å²) in [6.07, 6.45) is 3.08. The van der Waals surface area contributed by atoms with Gasteiger partial charge in [0, 0.05) is 12.1 Å². The van der Waals surface area contributed by atoms with Gasteiger partial charge in [0.25, 0.3) is 0 Å². The molecule has 4 N–H and O–H groups in total. The van der Waals surface area contributed by atoms with Crippen LogP contribution in [-0.2, 0) is 9.31 Å². The molecule has 114 valence electrons. The zero-order chi connectivity index (χ0) is 15.8. The van der Waals surface area contributed by atoms with Crippen LogP contribution in [0.4, 0.5) is 0 Å². The zero-order valence-corrected chi connectivity index (χ0v) is 12.6. The van der Waals surface area contributed by atoms with Gasteiger partial charge in [-0.1, -0.05) is 6.08 Å². The van der Waals surface area contributed by atoms with Crippen molar-refractivity contribution >= 4 is 19.2 Å². The van der Waals surface area contributed by atoms with Crippen LogP contribution in [0.5, 0.6) is 0 Å². The lowest BCUT2D eigenvalue weighted by Gasteiger charge is -2.32. The van der Waals surface area contributed by atoms with Crippen molar-refractivity contribution in [2.75, 3.05) is 6.54 Å². The maximum absolute atomic E-state index is 11.1. The third-order valence-corrected chi connectivity index (χ3v) is 4.02. The van der Waals surface area contributed by atoms with E-state index in [0.717, 1.165) is 0 Å². The summed E-state index contributed by atoms with van der Waals surface area (Å²) in [5, 5.41) is 15.3. The van der Waals surface area contributed by atoms with Gasteiger partial charge in [-0.15, -0.1) is 0 Å². The van der Waals surface area contributed by atoms with Crippen molar-refractivity contribution in [2.24, 2.45) is 5.73 Å². The van der Waals surface area contributed by atoms with Crippen LogP contribution in [0.15, 0.2) is 11.7 Å². The van der Waals surface area contributed by atoms with Crippen LogP contribution < -0.4 is 5.73 Å². The predicted octanol–water partition coefficient (Wildman–Crippen LogP) is 1.08. The molecule has 1 saturated heterocycles. The first kappa shape index (κ1) is 15.7. The average Bonchev–Trinajstić information content (AvgIpc) is 2.89. The Balaban J connectivity index is 2.31. The highest BCUT2D eigenvalue weighted by molar-refractivity contribution is 6.56. The van der Waals surface area contributed by atoms with Gasteiger partial charge in [0.15, 0.2) is 5.69 Å². The van der Waals surface area contributed by atoms with Crippen LogP contribution in [0.1, 0.15) is 43.7 Å². The van der Waals surface area contributed by atoms with Crippen molar-refractivity contribution in [1.29, 1.82) is 0 Å². The molecule has 1 aliphatic rings. The molecule has 0 aliphatic carbocycles. The molecule has 1 aromatic heterocycles. The average molecular weight is 293 g/mol. The number of nitrogens with zero attached hydrogens (tertiary/aromatic N) is 1. The smallest absolute Gasteiger partial charge is 0.477 e. The Morgan fingerprint density at radius 1 is 1.43 bits per heavy atom. The fourth-order valence-electron chi connectivity index (χ4n) is 1.99. The molecule has 1 fully saturated rings. The molecule has 0 saturated carbocycles. The van der Waals surface area contributed by atoms with Gasteiger partial charge in [-0.05, 0) is 33.2 Å². The van der Waals surface area contributed by atoms with Gasteiger partial charge in [-0.25, -0.2) is 4.79 Å². The van der Waals surface area contributed by atoms with Gasteiger partial charge in [0.2, 0.25) is 0 Å². The summed E-state index contributed by atoms with van der Waals surface area (Å²) in [7, 11) is -0.600. The second kappa shape index (κ2) is 5.29. The Hall–Kier alpha value is -1.64. The van der Waals surface area contributed by atoms with Gasteiger partial charge < -0.3 is 20.1 Å². The lowest BCUT2D eigenvalue weighted by atomic mass is 9.77. The van der Waals surface area contributed by atoms with E-state index in [2.05, 4.69) is 10.2 Å². The van der Waals surface area contributed by atoms with E-state index in [-0.39, 0.29) is 12.2 Å². The molecule has 0 atom stereocenters. The van der Waals surface area contributed by atoms with Crippen molar-refractivity contribution < 1.29 is 19.2 Å². The minimum Gasteiger partial charge on any atom is -0.477 e. The van der Waals surface area contributed by atoms with Crippen molar-refractivity contribution in [3.8, 4) is 0 Å². The van der Waals surface area contributed by atoms with E-state index >= 15 is 0 Å².